The fourth-order valence-electron chi connectivity index (χ4n) is 1.08. The van der Waals surface area contributed by atoms with Crippen molar-refractivity contribution in [1.29, 1.82) is 0 Å². The number of rotatable bonds is 1. The summed E-state index contributed by atoms with van der Waals surface area (Å²) < 4.78 is 31.4. The summed E-state index contributed by atoms with van der Waals surface area (Å²) in [6.45, 7) is 0. The zero-order chi connectivity index (χ0) is 10.1. The summed E-state index contributed by atoms with van der Waals surface area (Å²) in [6, 6.07) is 3.94. The van der Waals surface area contributed by atoms with Crippen LogP contribution in [-0.2, 0) is 0 Å². The molecule has 0 atom stereocenters. The zero-order valence-corrected chi connectivity index (χ0v) is 8.96. The summed E-state index contributed by atoms with van der Waals surface area (Å²) in [7, 11) is 0. The van der Waals surface area contributed by atoms with E-state index in [2.05, 4.69) is 4.98 Å². The fraction of sp³-hybridized carbons (Fsp3) is 0. The molecule has 5 heteroatoms. The van der Waals surface area contributed by atoms with E-state index in [1.807, 2.05) is 22.6 Å². The number of hydrogen-bond donors (Lipinski definition) is 0. The molecule has 72 valence electrons. The summed E-state index contributed by atoms with van der Waals surface area (Å²) in [4.78, 5) is 3.90. The SMILES string of the molecule is Fc1cccc(-c2coc(I)n2)c1F. The molecule has 14 heavy (non-hydrogen) atoms. The van der Waals surface area contributed by atoms with E-state index < -0.39 is 11.6 Å². The minimum absolute atomic E-state index is 0.108. The molecule has 0 spiro atoms. The Morgan fingerprint density at radius 2 is 2.07 bits per heavy atom. The predicted octanol–water partition coefficient (Wildman–Crippen LogP) is 3.22. The van der Waals surface area contributed by atoms with Crippen LogP contribution in [0, 0.1) is 15.5 Å². The van der Waals surface area contributed by atoms with E-state index >= 15 is 0 Å². The summed E-state index contributed by atoms with van der Waals surface area (Å²) in [5, 5.41) is 0. The first-order chi connectivity index (χ1) is 6.68. The Hall–Kier alpha value is -0.980. The van der Waals surface area contributed by atoms with E-state index in [-0.39, 0.29) is 5.56 Å². The van der Waals surface area contributed by atoms with Crippen LogP contribution in [0.2, 0.25) is 0 Å². The van der Waals surface area contributed by atoms with Crippen molar-refractivity contribution in [2.75, 3.05) is 0 Å². The second kappa shape index (κ2) is 3.64. The average molecular weight is 307 g/mol. The fourth-order valence-corrected chi connectivity index (χ4v) is 1.46. The van der Waals surface area contributed by atoms with Crippen LogP contribution in [0.1, 0.15) is 0 Å². The summed E-state index contributed by atoms with van der Waals surface area (Å²) in [5.41, 5.74) is 0.406. The Morgan fingerprint density at radius 1 is 1.29 bits per heavy atom. The van der Waals surface area contributed by atoms with Crippen molar-refractivity contribution in [2.24, 2.45) is 0 Å². The molecule has 0 N–H and O–H groups in total. The minimum atomic E-state index is -0.905. The first-order valence-electron chi connectivity index (χ1n) is 3.74. The van der Waals surface area contributed by atoms with Gasteiger partial charge in [0.05, 0.1) is 0 Å². The van der Waals surface area contributed by atoms with Gasteiger partial charge in [-0.25, -0.2) is 13.8 Å². The lowest BCUT2D eigenvalue weighted by Gasteiger charge is -1.98. The number of nitrogens with zero attached hydrogens (tertiary/aromatic N) is 1. The lowest BCUT2D eigenvalue weighted by atomic mass is 10.1. The molecule has 1 aromatic heterocycles. The third kappa shape index (κ3) is 1.63. The maximum Gasteiger partial charge on any atom is 0.257 e. The van der Waals surface area contributed by atoms with Crippen LogP contribution in [-0.4, -0.2) is 4.98 Å². The summed E-state index contributed by atoms with van der Waals surface area (Å²) >= 11 is 1.85. The van der Waals surface area contributed by atoms with Gasteiger partial charge in [0.15, 0.2) is 11.6 Å². The van der Waals surface area contributed by atoms with Crippen molar-refractivity contribution in [3.8, 4) is 11.3 Å². The molecule has 0 unspecified atom stereocenters. The smallest absolute Gasteiger partial charge is 0.257 e. The lowest BCUT2D eigenvalue weighted by molar-refractivity contribution is 0.510. The van der Waals surface area contributed by atoms with E-state index in [1.54, 1.807) is 0 Å². The van der Waals surface area contributed by atoms with Gasteiger partial charge in [-0.3, -0.25) is 0 Å². The van der Waals surface area contributed by atoms with Gasteiger partial charge in [0.1, 0.15) is 12.0 Å². The molecule has 0 saturated heterocycles. The average Bonchev–Trinajstić information content (AvgIpc) is 2.57. The van der Waals surface area contributed by atoms with Gasteiger partial charge in [-0.15, -0.1) is 0 Å². The van der Waals surface area contributed by atoms with Crippen molar-refractivity contribution < 1.29 is 13.2 Å². The van der Waals surface area contributed by atoms with Crippen LogP contribution in [0.15, 0.2) is 28.9 Å². The van der Waals surface area contributed by atoms with E-state index in [9.17, 15) is 8.78 Å². The van der Waals surface area contributed by atoms with Crippen molar-refractivity contribution in [2.45, 2.75) is 0 Å². The molecule has 0 aliphatic heterocycles. The van der Waals surface area contributed by atoms with Crippen LogP contribution in [0.4, 0.5) is 8.78 Å². The second-order valence-corrected chi connectivity index (χ2v) is 3.51. The normalized spacial score (nSPS) is 10.5. The van der Waals surface area contributed by atoms with Gasteiger partial charge in [0.25, 0.3) is 3.90 Å². The van der Waals surface area contributed by atoms with Gasteiger partial charge >= 0.3 is 0 Å². The maximum atomic E-state index is 13.2. The van der Waals surface area contributed by atoms with E-state index in [0.29, 0.717) is 9.59 Å². The molecule has 2 aromatic rings. The van der Waals surface area contributed by atoms with Crippen LogP contribution in [0.25, 0.3) is 11.3 Å². The Bertz CT molecular complexity index is 470. The molecule has 2 nitrogen and oxygen atoms in total. The van der Waals surface area contributed by atoms with Crippen LogP contribution in [0.5, 0.6) is 0 Å². The number of benzene rings is 1. The number of halogens is 3. The third-order valence-electron chi connectivity index (χ3n) is 1.70. The van der Waals surface area contributed by atoms with Gasteiger partial charge in [-0.05, 0) is 12.1 Å². The third-order valence-corrected chi connectivity index (χ3v) is 2.20. The molecule has 0 saturated carbocycles. The largest absolute Gasteiger partial charge is 0.440 e. The summed E-state index contributed by atoms with van der Waals surface area (Å²) in [6.07, 6.45) is 1.29. The topological polar surface area (TPSA) is 26.0 Å². The monoisotopic (exact) mass is 307 g/mol. The second-order valence-electron chi connectivity index (χ2n) is 2.59. The van der Waals surface area contributed by atoms with E-state index in [0.717, 1.165) is 6.07 Å². The molecule has 1 aromatic carbocycles. The van der Waals surface area contributed by atoms with Crippen LogP contribution < -0.4 is 0 Å². The maximum absolute atomic E-state index is 13.2. The molecular weight excluding hydrogens is 303 g/mol. The molecule has 0 amide bonds. The first kappa shape index (κ1) is 9.57. The van der Waals surface area contributed by atoms with E-state index in [4.69, 9.17) is 4.42 Å². The van der Waals surface area contributed by atoms with Crippen molar-refractivity contribution in [3.05, 3.63) is 40.0 Å². The van der Waals surface area contributed by atoms with Gasteiger partial charge < -0.3 is 4.42 Å². The molecule has 1 heterocycles. The van der Waals surface area contributed by atoms with Gasteiger partial charge in [-0.1, -0.05) is 6.07 Å². The van der Waals surface area contributed by atoms with Crippen molar-refractivity contribution in [1.82, 2.24) is 4.98 Å². The van der Waals surface area contributed by atoms with Crippen LogP contribution in [0.3, 0.4) is 0 Å². The molecule has 0 bridgehead atoms. The van der Waals surface area contributed by atoms with E-state index in [1.165, 1.54) is 18.4 Å². The Balaban J connectivity index is 2.57. The van der Waals surface area contributed by atoms with Crippen molar-refractivity contribution >= 4 is 22.6 Å². The quantitative estimate of drug-likeness (QED) is 0.756. The number of aromatic nitrogens is 1. The highest BCUT2D eigenvalue weighted by Gasteiger charge is 2.12. The Kier molecular flexibility index (Phi) is 2.49. The highest BCUT2D eigenvalue weighted by atomic mass is 127. The zero-order valence-electron chi connectivity index (χ0n) is 6.80. The molecule has 0 fully saturated rings. The lowest BCUT2D eigenvalue weighted by Crippen LogP contribution is -1.88. The predicted molar refractivity (Wildman–Crippen MR) is 54.6 cm³/mol. The molecule has 0 aliphatic rings. The number of oxazole rings is 1. The highest BCUT2D eigenvalue weighted by Crippen LogP contribution is 2.23. The van der Waals surface area contributed by atoms with Gasteiger partial charge in [0.2, 0.25) is 0 Å². The minimum Gasteiger partial charge on any atom is -0.440 e. The number of hydrogen-bond acceptors (Lipinski definition) is 2. The molecular formula is C9H4F2INO. The molecule has 0 aliphatic carbocycles. The van der Waals surface area contributed by atoms with Gasteiger partial charge in [-0.2, -0.15) is 0 Å². The highest BCUT2D eigenvalue weighted by molar-refractivity contribution is 14.1. The Morgan fingerprint density at radius 3 is 2.71 bits per heavy atom. The molecule has 0 radical (unpaired) electrons. The van der Waals surface area contributed by atoms with Gasteiger partial charge in [0, 0.05) is 28.2 Å². The first-order valence-corrected chi connectivity index (χ1v) is 4.82. The molecule has 2 rings (SSSR count). The van der Waals surface area contributed by atoms with Crippen LogP contribution >= 0.6 is 22.6 Å². The Labute approximate surface area is 92.1 Å². The standard InChI is InChI=1S/C9H4F2INO/c10-6-3-1-2-5(8(6)11)7-4-14-9(12)13-7/h1-4H. The van der Waals surface area contributed by atoms with Crippen molar-refractivity contribution in [3.63, 3.8) is 0 Å². The summed E-state index contributed by atoms with van der Waals surface area (Å²) in [5.74, 6) is -1.79.